The molecule has 2 aliphatic heterocycles. The van der Waals surface area contributed by atoms with Crippen molar-refractivity contribution in [3.63, 3.8) is 0 Å². The van der Waals surface area contributed by atoms with Crippen molar-refractivity contribution >= 4 is 17.7 Å². The van der Waals surface area contributed by atoms with Crippen LogP contribution in [0.5, 0.6) is 0 Å². The molecule has 2 saturated heterocycles. The van der Waals surface area contributed by atoms with E-state index in [-0.39, 0.29) is 10.8 Å². The zero-order valence-corrected chi connectivity index (χ0v) is 7.41. The maximum atomic E-state index is 11.2. The molecule has 11 heavy (non-hydrogen) atoms. The summed E-state index contributed by atoms with van der Waals surface area (Å²) in [6.07, 6.45) is 1.10. The van der Waals surface area contributed by atoms with Gasteiger partial charge in [-0.2, -0.15) is 0 Å². The van der Waals surface area contributed by atoms with E-state index in [4.69, 9.17) is 0 Å². The van der Waals surface area contributed by atoms with Crippen LogP contribution in [0.25, 0.3) is 0 Å². The predicted molar refractivity (Wildman–Crippen MR) is 45.4 cm³/mol. The van der Waals surface area contributed by atoms with Crippen molar-refractivity contribution in [3.05, 3.63) is 0 Å². The Morgan fingerprint density at radius 2 is 2.55 bits per heavy atom. The molecule has 2 rings (SSSR count). The van der Waals surface area contributed by atoms with E-state index < -0.39 is 0 Å². The topological polar surface area (TPSA) is 32.3 Å². The lowest BCUT2D eigenvalue weighted by Gasteiger charge is -2.29. The highest BCUT2D eigenvalue weighted by atomic mass is 32.2. The van der Waals surface area contributed by atoms with E-state index >= 15 is 0 Å². The molecule has 0 aliphatic carbocycles. The summed E-state index contributed by atoms with van der Waals surface area (Å²) in [6, 6.07) is 0. The van der Waals surface area contributed by atoms with Gasteiger partial charge in [0.1, 0.15) is 4.87 Å². The molecule has 0 unspecified atom stereocenters. The van der Waals surface area contributed by atoms with Gasteiger partial charge in [0.05, 0.1) is 5.75 Å². The van der Waals surface area contributed by atoms with Crippen molar-refractivity contribution in [2.45, 2.75) is 11.3 Å². The van der Waals surface area contributed by atoms with Gasteiger partial charge in [0.15, 0.2) is 0 Å². The van der Waals surface area contributed by atoms with Crippen molar-refractivity contribution in [2.75, 3.05) is 25.9 Å². The van der Waals surface area contributed by atoms with Crippen LogP contribution in [0.15, 0.2) is 0 Å². The van der Waals surface area contributed by atoms with E-state index in [0.29, 0.717) is 5.75 Å². The van der Waals surface area contributed by atoms with Crippen LogP contribution < -0.4 is 5.32 Å². The zero-order chi connectivity index (χ0) is 7.90. The lowest BCUT2D eigenvalue weighted by molar-refractivity contribution is -0.128. The molecular formula is C7H12N2OS. The van der Waals surface area contributed by atoms with Crippen LogP contribution in [0, 0.1) is 0 Å². The van der Waals surface area contributed by atoms with Gasteiger partial charge in [-0.1, -0.05) is 0 Å². The molecule has 2 fully saturated rings. The Kier molecular flexibility index (Phi) is 1.61. The van der Waals surface area contributed by atoms with Crippen molar-refractivity contribution in [1.82, 2.24) is 10.2 Å². The molecule has 1 amide bonds. The van der Waals surface area contributed by atoms with Crippen LogP contribution in [0.3, 0.4) is 0 Å². The summed E-state index contributed by atoms with van der Waals surface area (Å²) in [7, 11) is 1.91. The number of likely N-dealkylation sites (N-methyl/N-ethyl adjacent to an activating group) is 1. The second-order valence-corrected chi connectivity index (χ2v) is 4.45. The van der Waals surface area contributed by atoms with E-state index in [0.717, 1.165) is 19.5 Å². The van der Waals surface area contributed by atoms with Crippen LogP contribution >= 0.6 is 11.8 Å². The Bertz CT molecular complexity index is 189. The summed E-state index contributed by atoms with van der Waals surface area (Å²) >= 11 is 1.78. The Labute approximate surface area is 70.5 Å². The summed E-state index contributed by atoms with van der Waals surface area (Å²) in [5, 5.41) is 3.29. The molecule has 2 heterocycles. The Morgan fingerprint density at radius 3 is 3.00 bits per heavy atom. The Hall–Kier alpha value is -0.220. The molecule has 0 saturated carbocycles. The highest BCUT2D eigenvalue weighted by Gasteiger charge is 2.45. The minimum atomic E-state index is 0.108. The van der Waals surface area contributed by atoms with Crippen LogP contribution in [0.4, 0.5) is 0 Å². The van der Waals surface area contributed by atoms with Gasteiger partial charge >= 0.3 is 0 Å². The lowest BCUT2D eigenvalue weighted by Crippen LogP contribution is -2.42. The molecule has 1 atom stereocenters. The molecule has 4 heteroatoms. The highest BCUT2D eigenvalue weighted by Crippen LogP contribution is 2.39. The summed E-state index contributed by atoms with van der Waals surface area (Å²) in [6.45, 7) is 2.00. The second-order valence-electron chi connectivity index (χ2n) is 3.11. The first-order valence-corrected chi connectivity index (χ1v) is 4.84. The van der Waals surface area contributed by atoms with Gasteiger partial charge in [0.2, 0.25) is 5.91 Å². The van der Waals surface area contributed by atoms with Gasteiger partial charge in [-0.3, -0.25) is 4.79 Å². The average Bonchev–Trinajstić information content (AvgIpc) is 2.56. The molecule has 3 nitrogen and oxygen atoms in total. The smallest absolute Gasteiger partial charge is 0.233 e. The third-order valence-electron chi connectivity index (χ3n) is 2.54. The summed E-state index contributed by atoms with van der Waals surface area (Å²) in [5.41, 5.74) is 0. The van der Waals surface area contributed by atoms with Crippen LogP contribution in [-0.4, -0.2) is 41.6 Å². The fourth-order valence-electron chi connectivity index (χ4n) is 1.68. The molecule has 0 radical (unpaired) electrons. The molecule has 62 valence electrons. The van der Waals surface area contributed by atoms with Gasteiger partial charge < -0.3 is 10.2 Å². The average molecular weight is 172 g/mol. The third kappa shape index (κ3) is 0.964. The molecule has 0 aromatic carbocycles. The van der Waals surface area contributed by atoms with Gasteiger partial charge in [-0.15, -0.1) is 11.8 Å². The number of nitrogens with one attached hydrogen (secondary N) is 1. The van der Waals surface area contributed by atoms with Crippen molar-refractivity contribution < 1.29 is 4.79 Å². The molecule has 2 aliphatic rings. The van der Waals surface area contributed by atoms with E-state index in [2.05, 4.69) is 5.32 Å². The first kappa shape index (κ1) is 7.43. The third-order valence-corrected chi connectivity index (χ3v) is 4.09. The van der Waals surface area contributed by atoms with Crippen LogP contribution in [0.1, 0.15) is 6.42 Å². The number of amides is 1. The van der Waals surface area contributed by atoms with Crippen molar-refractivity contribution in [3.8, 4) is 0 Å². The van der Waals surface area contributed by atoms with Gasteiger partial charge in [0, 0.05) is 13.6 Å². The standard InChI is InChI=1S/C7H12N2OS/c1-9-6(10)4-11-7(9)2-3-8-5-7/h8H,2-5H2,1H3/t7-/m1/s1. The number of rotatable bonds is 0. The lowest BCUT2D eigenvalue weighted by atomic mass is 10.2. The maximum Gasteiger partial charge on any atom is 0.233 e. The quantitative estimate of drug-likeness (QED) is 0.553. The SMILES string of the molecule is CN1C(=O)CS[C@@]12CCNC2. The van der Waals surface area contributed by atoms with Crippen LogP contribution in [-0.2, 0) is 4.79 Å². The minimum absolute atomic E-state index is 0.108. The van der Waals surface area contributed by atoms with Crippen molar-refractivity contribution in [2.24, 2.45) is 0 Å². The number of nitrogens with zero attached hydrogens (tertiary/aromatic N) is 1. The first-order chi connectivity index (χ1) is 5.25. The Balaban J connectivity index is 2.19. The van der Waals surface area contributed by atoms with Gasteiger partial charge in [-0.05, 0) is 13.0 Å². The van der Waals surface area contributed by atoms with Gasteiger partial charge in [-0.25, -0.2) is 0 Å². The monoisotopic (exact) mass is 172 g/mol. The molecule has 0 bridgehead atoms. The van der Waals surface area contributed by atoms with E-state index in [1.54, 1.807) is 11.8 Å². The number of hydrogen-bond donors (Lipinski definition) is 1. The summed E-state index contributed by atoms with van der Waals surface area (Å²) < 4.78 is 0. The number of carbonyl (C=O) groups excluding carboxylic acids is 1. The molecule has 1 N–H and O–H groups in total. The zero-order valence-electron chi connectivity index (χ0n) is 6.59. The number of thioether (sulfide) groups is 1. The molecular weight excluding hydrogens is 160 g/mol. The van der Waals surface area contributed by atoms with Crippen LogP contribution in [0.2, 0.25) is 0 Å². The summed E-state index contributed by atoms with van der Waals surface area (Å²) in [5.74, 6) is 0.941. The predicted octanol–water partition coefficient (Wildman–Crippen LogP) is -0.119. The minimum Gasteiger partial charge on any atom is -0.329 e. The fourth-order valence-corrected chi connectivity index (χ4v) is 3.01. The Morgan fingerprint density at radius 1 is 1.73 bits per heavy atom. The van der Waals surface area contributed by atoms with Gasteiger partial charge in [0.25, 0.3) is 0 Å². The van der Waals surface area contributed by atoms with E-state index in [1.807, 2.05) is 11.9 Å². The number of carbonyl (C=O) groups is 1. The maximum absolute atomic E-state index is 11.2. The number of hydrogen-bond acceptors (Lipinski definition) is 3. The molecule has 1 spiro atoms. The van der Waals surface area contributed by atoms with E-state index in [9.17, 15) is 4.79 Å². The fraction of sp³-hybridized carbons (Fsp3) is 0.857. The summed E-state index contributed by atoms with van der Waals surface area (Å²) in [4.78, 5) is 13.2. The van der Waals surface area contributed by atoms with E-state index in [1.165, 1.54) is 0 Å². The van der Waals surface area contributed by atoms with Crippen molar-refractivity contribution in [1.29, 1.82) is 0 Å². The normalized spacial score (nSPS) is 37.5. The largest absolute Gasteiger partial charge is 0.329 e. The first-order valence-electron chi connectivity index (χ1n) is 3.86. The highest BCUT2D eigenvalue weighted by molar-refractivity contribution is 8.01. The molecule has 0 aromatic heterocycles. The molecule has 0 aromatic rings. The second kappa shape index (κ2) is 2.38.